The average Bonchev–Trinajstić information content (AvgIpc) is 2.43. The quantitative estimate of drug-likeness (QED) is 0.898. The van der Waals surface area contributed by atoms with Gasteiger partial charge in [-0.1, -0.05) is 15.9 Å². The molecule has 0 radical (unpaired) electrons. The molecule has 2 rings (SSSR count). The van der Waals surface area contributed by atoms with E-state index in [1.54, 1.807) is 12.1 Å². The first-order valence-electron chi connectivity index (χ1n) is 5.76. The topological polar surface area (TPSA) is 81.4 Å². The molecule has 0 fully saturated rings. The van der Waals surface area contributed by atoms with Crippen molar-refractivity contribution in [2.45, 2.75) is 6.54 Å². The van der Waals surface area contributed by atoms with Gasteiger partial charge in [0.25, 0.3) is 5.56 Å². The predicted molar refractivity (Wildman–Crippen MR) is 75.1 cm³/mol. The fourth-order valence-electron chi connectivity index (χ4n) is 1.50. The molecule has 0 unspecified atom stereocenters. The van der Waals surface area contributed by atoms with E-state index in [1.165, 1.54) is 12.1 Å². The van der Waals surface area contributed by atoms with Crippen LogP contribution in [0.2, 0.25) is 0 Å². The van der Waals surface area contributed by atoms with Gasteiger partial charge in [-0.2, -0.15) is 5.10 Å². The number of carboxylic acid groups (broad SMARTS) is 1. The van der Waals surface area contributed by atoms with Gasteiger partial charge in [-0.15, -0.1) is 0 Å². The van der Waals surface area contributed by atoms with Crippen LogP contribution in [0.5, 0.6) is 5.75 Å². The number of halogens is 1. The van der Waals surface area contributed by atoms with E-state index in [4.69, 9.17) is 9.84 Å². The third kappa shape index (κ3) is 3.67. The Morgan fingerprint density at radius 1 is 1.25 bits per heavy atom. The van der Waals surface area contributed by atoms with Crippen LogP contribution in [-0.2, 0) is 6.54 Å². The van der Waals surface area contributed by atoms with Crippen molar-refractivity contribution < 1.29 is 14.6 Å². The largest absolute Gasteiger partial charge is 0.492 e. The van der Waals surface area contributed by atoms with E-state index >= 15 is 0 Å². The van der Waals surface area contributed by atoms with Crippen molar-refractivity contribution in [2.24, 2.45) is 0 Å². The van der Waals surface area contributed by atoms with Crippen molar-refractivity contribution in [1.82, 2.24) is 9.78 Å². The summed E-state index contributed by atoms with van der Waals surface area (Å²) < 4.78 is 7.47. The molecule has 7 heteroatoms. The van der Waals surface area contributed by atoms with E-state index in [2.05, 4.69) is 21.0 Å². The third-order valence-corrected chi connectivity index (χ3v) is 3.00. The summed E-state index contributed by atoms with van der Waals surface area (Å²) in [6, 6.07) is 9.60. The van der Waals surface area contributed by atoms with Crippen LogP contribution in [0, 0.1) is 0 Å². The summed E-state index contributed by atoms with van der Waals surface area (Å²) in [5, 5.41) is 12.6. The average molecular weight is 339 g/mol. The maximum atomic E-state index is 11.5. The van der Waals surface area contributed by atoms with Gasteiger partial charge in [0.1, 0.15) is 12.4 Å². The first-order chi connectivity index (χ1) is 9.56. The van der Waals surface area contributed by atoms with Crippen molar-refractivity contribution in [3.8, 4) is 5.75 Å². The number of benzene rings is 1. The Morgan fingerprint density at radius 3 is 2.60 bits per heavy atom. The molecule has 20 heavy (non-hydrogen) atoms. The second kappa shape index (κ2) is 6.33. The molecule has 0 aliphatic rings. The van der Waals surface area contributed by atoms with E-state index in [0.29, 0.717) is 5.75 Å². The van der Waals surface area contributed by atoms with Crippen LogP contribution in [0.15, 0.2) is 45.7 Å². The predicted octanol–water partition coefficient (Wildman–Crippen LogP) is 1.78. The molecule has 104 valence electrons. The van der Waals surface area contributed by atoms with Gasteiger partial charge in [-0.3, -0.25) is 4.79 Å². The van der Waals surface area contributed by atoms with Gasteiger partial charge in [0.15, 0.2) is 5.69 Å². The zero-order valence-corrected chi connectivity index (χ0v) is 11.9. The fourth-order valence-corrected chi connectivity index (χ4v) is 1.77. The summed E-state index contributed by atoms with van der Waals surface area (Å²) in [7, 11) is 0. The number of carbonyl (C=O) groups is 1. The lowest BCUT2D eigenvalue weighted by molar-refractivity contribution is 0.0687. The smallest absolute Gasteiger partial charge is 0.356 e. The van der Waals surface area contributed by atoms with Crippen molar-refractivity contribution in [2.75, 3.05) is 6.61 Å². The molecule has 1 N–H and O–H groups in total. The van der Waals surface area contributed by atoms with Gasteiger partial charge >= 0.3 is 5.97 Å². The van der Waals surface area contributed by atoms with E-state index in [9.17, 15) is 9.59 Å². The second-order valence-corrected chi connectivity index (χ2v) is 4.80. The maximum absolute atomic E-state index is 11.5. The molecule has 0 atom stereocenters. The molecule has 0 spiro atoms. The van der Waals surface area contributed by atoms with Crippen LogP contribution in [0.25, 0.3) is 0 Å². The van der Waals surface area contributed by atoms with E-state index in [1.807, 2.05) is 12.1 Å². The molecule has 1 heterocycles. The lowest BCUT2D eigenvalue weighted by Crippen LogP contribution is -2.26. The van der Waals surface area contributed by atoms with Crippen LogP contribution < -0.4 is 10.3 Å². The van der Waals surface area contributed by atoms with Gasteiger partial charge in [0.2, 0.25) is 0 Å². The molecular formula is C13H11BrN2O4. The van der Waals surface area contributed by atoms with Crippen LogP contribution in [0.1, 0.15) is 10.5 Å². The summed E-state index contributed by atoms with van der Waals surface area (Å²) in [5.74, 6) is -0.511. The number of ether oxygens (including phenoxy) is 1. The highest BCUT2D eigenvalue weighted by Crippen LogP contribution is 2.15. The molecule has 0 bridgehead atoms. The molecule has 1 aromatic carbocycles. The minimum atomic E-state index is -1.17. The molecule has 2 aromatic rings. The number of nitrogens with zero attached hydrogens (tertiary/aromatic N) is 2. The number of hydrogen-bond donors (Lipinski definition) is 1. The third-order valence-electron chi connectivity index (χ3n) is 2.47. The lowest BCUT2D eigenvalue weighted by atomic mass is 10.3. The SMILES string of the molecule is O=C(O)c1ccc(=O)n(CCOc2ccc(Br)cc2)n1. The fraction of sp³-hybridized carbons (Fsp3) is 0.154. The van der Waals surface area contributed by atoms with Crippen LogP contribution in [0.3, 0.4) is 0 Å². The summed E-state index contributed by atoms with van der Waals surface area (Å²) in [5.41, 5.74) is -0.539. The van der Waals surface area contributed by atoms with Crippen molar-refractivity contribution in [1.29, 1.82) is 0 Å². The second-order valence-electron chi connectivity index (χ2n) is 3.89. The van der Waals surface area contributed by atoms with Gasteiger partial charge in [0, 0.05) is 10.5 Å². The first kappa shape index (κ1) is 14.3. The van der Waals surface area contributed by atoms with Gasteiger partial charge < -0.3 is 9.84 Å². The molecule has 6 nitrogen and oxygen atoms in total. The van der Waals surface area contributed by atoms with Gasteiger partial charge in [-0.05, 0) is 30.3 Å². The molecule has 0 amide bonds. The van der Waals surface area contributed by atoms with Crippen molar-refractivity contribution in [3.63, 3.8) is 0 Å². The zero-order chi connectivity index (χ0) is 14.5. The van der Waals surface area contributed by atoms with E-state index in [0.717, 1.165) is 9.15 Å². The van der Waals surface area contributed by atoms with E-state index < -0.39 is 5.97 Å². The summed E-state index contributed by atoms with van der Waals surface area (Å²) >= 11 is 3.31. The summed E-state index contributed by atoms with van der Waals surface area (Å²) in [6.07, 6.45) is 0. The Balaban J connectivity index is 2.00. The number of aromatic carboxylic acids is 1. The Hall–Kier alpha value is -2.15. The van der Waals surface area contributed by atoms with Crippen molar-refractivity contribution in [3.05, 3.63) is 56.9 Å². The molecule has 1 aromatic heterocycles. The Labute approximate surface area is 122 Å². The normalized spacial score (nSPS) is 10.2. The zero-order valence-electron chi connectivity index (χ0n) is 10.3. The monoisotopic (exact) mass is 338 g/mol. The minimum Gasteiger partial charge on any atom is -0.492 e. The number of carboxylic acids is 1. The van der Waals surface area contributed by atoms with Crippen LogP contribution in [0.4, 0.5) is 0 Å². The standard InChI is InChI=1S/C13H11BrN2O4/c14-9-1-3-10(4-2-9)20-8-7-16-12(17)6-5-11(15-16)13(18)19/h1-6H,7-8H2,(H,18,19). The van der Waals surface area contributed by atoms with Crippen LogP contribution >= 0.6 is 15.9 Å². The molecular weight excluding hydrogens is 328 g/mol. The highest BCUT2D eigenvalue weighted by molar-refractivity contribution is 9.10. The van der Waals surface area contributed by atoms with E-state index in [-0.39, 0.29) is 24.4 Å². The number of hydrogen-bond acceptors (Lipinski definition) is 4. The van der Waals surface area contributed by atoms with Gasteiger partial charge in [-0.25, -0.2) is 9.48 Å². The van der Waals surface area contributed by atoms with Gasteiger partial charge in [0.05, 0.1) is 6.54 Å². The van der Waals surface area contributed by atoms with Crippen molar-refractivity contribution >= 4 is 21.9 Å². The minimum absolute atomic E-state index is 0.173. The van der Waals surface area contributed by atoms with Crippen LogP contribution in [-0.4, -0.2) is 27.5 Å². The number of aromatic nitrogens is 2. The molecule has 0 saturated heterocycles. The lowest BCUT2D eigenvalue weighted by Gasteiger charge is -2.07. The Kier molecular flexibility index (Phi) is 4.52. The highest BCUT2D eigenvalue weighted by atomic mass is 79.9. The number of rotatable bonds is 5. The maximum Gasteiger partial charge on any atom is 0.356 e. The summed E-state index contributed by atoms with van der Waals surface area (Å²) in [4.78, 5) is 22.3. The highest BCUT2D eigenvalue weighted by Gasteiger charge is 2.07. The summed E-state index contributed by atoms with van der Waals surface area (Å²) in [6.45, 7) is 0.396. The Morgan fingerprint density at radius 2 is 1.95 bits per heavy atom. The molecule has 0 saturated carbocycles. The first-order valence-corrected chi connectivity index (χ1v) is 6.55. The molecule has 0 aliphatic heterocycles. The molecule has 0 aliphatic carbocycles. The Bertz CT molecular complexity index is 667.